The number of hydrogen-bond acceptors (Lipinski definition) is 5. The first-order valence-electron chi connectivity index (χ1n) is 13.6. The summed E-state index contributed by atoms with van der Waals surface area (Å²) in [7, 11) is 0. The Hall–Kier alpha value is -0.490. The van der Waals surface area contributed by atoms with Gasteiger partial charge < -0.3 is 14.6 Å². The molecule has 4 aliphatic carbocycles. The number of fused-ring (bicyclic) bond motifs is 5. The summed E-state index contributed by atoms with van der Waals surface area (Å²) in [5.41, 5.74) is -0.390. The zero-order valence-electron chi connectivity index (χ0n) is 20.4. The maximum Gasteiger partial charge on any atom is 0.150 e. The second kappa shape index (κ2) is 9.28. The third kappa shape index (κ3) is 4.21. The maximum atomic E-state index is 13.4. The molecule has 0 unspecified atom stereocenters. The van der Waals surface area contributed by atoms with Gasteiger partial charge in [0, 0.05) is 25.6 Å². The van der Waals surface area contributed by atoms with Crippen molar-refractivity contribution in [3.05, 3.63) is 0 Å². The van der Waals surface area contributed by atoms with Crippen molar-refractivity contribution in [2.24, 2.45) is 40.9 Å². The molecular formula is C27H45NO4. The van der Waals surface area contributed by atoms with E-state index < -0.39 is 5.60 Å². The summed E-state index contributed by atoms with van der Waals surface area (Å²) in [6.45, 7) is 9.66. The van der Waals surface area contributed by atoms with E-state index in [1.807, 2.05) is 6.92 Å². The minimum absolute atomic E-state index is 0.210. The highest BCUT2D eigenvalue weighted by Crippen LogP contribution is 2.64. The fourth-order valence-electron chi connectivity index (χ4n) is 9.00. The SMILES string of the molecule is CCOC[C@@]1(O)CC[C@H]2[C@@H](CC[C@@H]3[C@@H]2CC[C@]2(C)[C@@H](C(=O)CN4CCOCC4)CC[C@@H]32)C1. The van der Waals surface area contributed by atoms with Crippen LogP contribution in [0.5, 0.6) is 0 Å². The molecule has 32 heavy (non-hydrogen) atoms. The molecule has 0 aromatic carbocycles. The molecule has 1 N–H and O–H groups in total. The van der Waals surface area contributed by atoms with Crippen LogP contribution in [-0.4, -0.2) is 67.5 Å². The molecule has 0 radical (unpaired) electrons. The van der Waals surface area contributed by atoms with Crippen LogP contribution in [0, 0.1) is 40.9 Å². The molecular weight excluding hydrogens is 402 g/mol. The average Bonchev–Trinajstić information content (AvgIpc) is 3.15. The van der Waals surface area contributed by atoms with Crippen LogP contribution in [0.15, 0.2) is 0 Å². The molecule has 0 aromatic heterocycles. The van der Waals surface area contributed by atoms with E-state index in [9.17, 15) is 9.90 Å². The van der Waals surface area contributed by atoms with Gasteiger partial charge in [0.1, 0.15) is 5.78 Å². The predicted octanol–water partition coefficient (Wildman–Crippen LogP) is 3.92. The first-order valence-corrected chi connectivity index (χ1v) is 13.6. The van der Waals surface area contributed by atoms with Gasteiger partial charge in [0.25, 0.3) is 0 Å². The summed E-state index contributed by atoms with van der Waals surface area (Å²) in [5, 5.41) is 11.1. The number of ketones is 1. The Kier molecular flexibility index (Phi) is 6.75. The highest BCUT2D eigenvalue weighted by Gasteiger charge is 2.59. The van der Waals surface area contributed by atoms with Crippen molar-refractivity contribution in [1.82, 2.24) is 4.90 Å². The van der Waals surface area contributed by atoms with E-state index in [1.54, 1.807) is 0 Å². The molecule has 182 valence electrons. The van der Waals surface area contributed by atoms with Gasteiger partial charge in [-0.25, -0.2) is 0 Å². The van der Waals surface area contributed by atoms with Crippen molar-refractivity contribution in [3.63, 3.8) is 0 Å². The van der Waals surface area contributed by atoms with Crippen LogP contribution in [0.2, 0.25) is 0 Å². The Morgan fingerprint density at radius 1 is 1.03 bits per heavy atom. The number of rotatable bonds is 6. The van der Waals surface area contributed by atoms with E-state index in [1.165, 1.54) is 32.1 Å². The standard InChI is InChI=1S/C27H45NO4/c1-3-31-18-27(30)11-9-20-19(16-27)4-5-22-21(20)8-10-26(2)23(22)6-7-24(26)25(29)17-28-12-14-32-15-13-28/h19-24,30H,3-18H2,1-2H3/t19-,20-,21+,22+,23-,24+,26-,27+/m0/s1. The third-order valence-corrected chi connectivity index (χ3v) is 10.6. The Morgan fingerprint density at radius 3 is 2.59 bits per heavy atom. The molecule has 0 spiro atoms. The molecule has 1 aliphatic heterocycles. The van der Waals surface area contributed by atoms with E-state index in [2.05, 4.69) is 11.8 Å². The fourth-order valence-corrected chi connectivity index (χ4v) is 9.00. The number of morpholine rings is 1. The van der Waals surface area contributed by atoms with Crippen LogP contribution in [0.1, 0.15) is 71.6 Å². The highest BCUT2D eigenvalue weighted by atomic mass is 16.5. The molecule has 5 aliphatic rings. The monoisotopic (exact) mass is 447 g/mol. The quantitative estimate of drug-likeness (QED) is 0.669. The second-order valence-electron chi connectivity index (χ2n) is 12.1. The van der Waals surface area contributed by atoms with Crippen LogP contribution in [0.4, 0.5) is 0 Å². The van der Waals surface area contributed by atoms with Crippen molar-refractivity contribution in [1.29, 1.82) is 0 Å². The van der Waals surface area contributed by atoms with Gasteiger partial charge in [0.15, 0.2) is 0 Å². The van der Waals surface area contributed by atoms with Crippen molar-refractivity contribution in [2.45, 2.75) is 77.2 Å². The topological polar surface area (TPSA) is 59.0 Å². The number of ether oxygens (including phenoxy) is 2. The number of Topliss-reactive ketones (excluding diaryl/α,β-unsaturated/α-hetero) is 1. The Bertz CT molecular complexity index is 679. The smallest absolute Gasteiger partial charge is 0.150 e. The Balaban J connectivity index is 1.24. The predicted molar refractivity (Wildman–Crippen MR) is 124 cm³/mol. The minimum atomic E-state index is -0.600. The fraction of sp³-hybridized carbons (Fsp3) is 0.963. The molecule has 8 atom stereocenters. The molecule has 5 fully saturated rings. The first kappa shape index (κ1) is 23.3. The van der Waals surface area contributed by atoms with Gasteiger partial charge in [-0.3, -0.25) is 9.69 Å². The summed E-state index contributed by atoms with van der Waals surface area (Å²) >= 11 is 0. The highest BCUT2D eigenvalue weighted by molar-refractivity contribution is 5.84. The van der Waals surface area contributed by atoms with Crippen molar-refractivity contribution in [2.75, 3.05) is 46.1 Å². The van der Waals surface area contributed by atoms with Gasteiger partial charge >= 0.3 is 0 Å². The van der Waals surface area contributed by atoms with Crippen LogP contribution < -0.4 is 0 Å². The first-order chi connectivity index (χ1) is 15.4. The van der Waals surface area contributed by atoms with Crippen LogP contribution in [0.25, 0.3) is 0 Å². The lowest BCUT2D eigenvalue weighted by atomic mass is 9.49. The number of hydrogen-bond donors (Lipinski definition) is 1. The Labute approximate surface area is 194 Å². The molecule has 0 aromatic rings. The van der Waals surface area contributed by atoms with E-state index >= 15 is 0 Å². The molecule has 0 amide bonds. The molecule has 1 heterocycles. The molecule has 4 saturated carbocycles. The summed E-state index contributed by atoms with van der Waals surface area (Å²) in [6, 6.07) is 0. The lowest BCUT2D eigenvalue weighted by Crippen LogP contribution is -2.52. The van der Waals surface area contributed by atoms with Crippen LogP contribution in [0.3, 0.4) is 0 Å². The van der Waals surface area contributed by atoms with Crippen molar-refractivity contribution in [3.8, 4) is 0 Å². The number of aliphatic hydroxyl groups is 1. The lowest BCUT2D eigenvalue weighted by molar-refractivity contribution is -0.138. The molecule has 5 nitrogen and oxygen atoms in total. The summed E-state index contributed by atoms with van der Waals surface area (Å²) in [5.74, 6) is 4.55. The van der Waals surface area contributed by atoms with Gasteiger partial charge in [0.2, 0.25) is 0 Å². The van der Waals surface area contributed by atoms with E-state index in [-0.39, 0.29) is 11.3 Å². The number of nitrogens with zero attached hydrogens (tertiary/aromatic N) is 1. The van der Waals surface area contributed by atoms with Crippen molar-refractivity contribution >= 4 is 5.78 Å². The zero-order valence-corrected chi connectivity index (χ0v) is 20.4. The van der Waals surface area contributed by atoms with E-state index in [0.29, 0.717) is 31.5 Å². The van der Waals surface area contributed by atoms with Crippen molar-refractivity contribution < 1.29 is 19.4 Å². The van der Waals surface area contributed by atoms with Gasteiger partial charge in [-0.15, -0.1) is 0 Å². The molecule has 5 heteroatoms. The lowest BCUT2D eigenvalue weighted by Gasteiger charge is -2.57. The largest absolute Gasteiger partial charge is 0.387 e. The van der Waals surface area contributed by atoms with Crippen LogP contribution in [-0.2, 0) is 14.3 Å². The number of carbonyl (C=O) groups excluding carboxylic acids is 1. The van der Waals surface area contributed by atoms with Gasteiger partial charge in [-0.1, -0.05) is 6.92 Å². The van der Waals surface area contributed by atoms with Gasteiger partial charge in [0.05, 0.1) is 32.0 Å². The minimum Gasteiger partial charge on any atom is -0.387 e. The van der Waals surface area contributed by atoms with E-state index in [4.69, 9.17) is 9.47 Å². The van der Waals surface area contributed by atoms with Gasteiger partial charge in [-0.2, -0.15) is 0 Å². The number of carbonyl (C=O) groups is 1. The summed E-state index contributed by atoms with van der Waals surface area (Å²) in [4.78, 5) is 15.7. The molecule has 1 saturated heterocycles. The Morgan fingerprint density at radius 2 is 1.81 bits per heavy atom. The molecule has 0 bridgehead atoms. The third-order valence-electron chi connectivity index (χ3n) is 10.6. The second-order valence-corrected chi connectivity index (χ2v) is 12.1. The van der Waals surface area contributed by atoms with Crippen LogP contribution >= 0.6 is 0 Å². The summed E-state index contributed by atoms with van der Waals surface area (Å²) in [6.07, 6.45) is 10.5. The van der Waals surface area contributed by atoms with Gasteiger partial charge in [-0.05, 0) is 99.7 Å². The maximum absolute atomic E-state index is 13.4. The molecule has 5 rings (SSSR count). The zero-order chi connectivity index (χ0) is 22.3. The average molecular weight is 448 g/mol. The van der Waals surface area contributed by atoms with E-state index in [0.717, 1.165) is 75.7 Å². The summed E-state index contributed by atoms with van der Waals surface area (Å²) < 4.78 is 11.1. The normalized spacial score (nSPS) is 46.8.